The van der Waals surface area contributed by atoms with Crippen LogP contribution in [0.1, 0.15) is 30.1 Å². The van der Waals surface area contributed by atoms with Crippen molar-refractivity contribution in [3.63, 3.8) is 0 Å². The van der Waals surface area contributed by atoms with Gasteiger partial charge in [-0.15, -0.1) is 0 Å². The van der Waals surface area contributed by atoms with Gasteiger partial charge in [-0.3, -0.25) is 19.3 Å². The predicted molar refractivity (Wildman–Crippen MR) is 98.0 cm³/mol. The van der Waals surface area contributed by atoms with E-state index in [9.17, 15) is 28.0 Å². The molecular weight excluding hydrogens is 386 g/mol. The summed E-state index contributed by atoms with van der Waals surface area (Å²) in [4.78, 5) is 48.8. The molecule has 1 saturated heterocycles. The van der Waals surface area contributed by atoms with Crippen molar-refractivity contribution in [1.82, 2.24) is 0 Å². The van der Waals surface area contributed by atoms with E-state index in [0.29, 0.717) is 5.69 Å². The Kier molecular flexibility index (Phi) is 5.67. The summed E-state index contributed by atoms with van der Waals surface area (Å²) in [6, 6.07) is 8.45. The number of carbonyl (C=O) groups excluding carboxylic acids is 4. The lowest BCUT2D eigenvalue weighted by Gasteiger charge is -2.15. The molecule has 0 unspecified atom stereocenters. The minimum absolute atomic E-state index is 0.0149. The standard InChI is InChI=1S/C20H16F2N2O5/c1-11(19(27)23-13-4-7-15(21)16(22)10-13)29-20(28)12-2-5-14(6-3-12)24-17(25)8-9-18(24)26/h2-7,10-11H,8-9H2,1H3,(H,23,27)/t11-/m0/s1. The number of anilines is 2. The number of carbonyl (C=O) groups is 4. The minimum atomic E-state index is -1.21. The fourth-order valence-corrected chi connectivity index (χ4v) is 2.71. The maximum atomic E-state index is 13.2. The Morgan fingerprint density at radius 1 is 1.00 bits per heavy atom. The van der Waals surface area contributed by atoms with Crippen LogP contribution in [0.15, 0.2) is 42.5 Å². The fourth-order valence-electron chi connectivity index (χ4n) is 2.71. The van der Waals surface area contributed by atoms with Crippen LogP contribution in [0.4, 0.5) is 20.2 Å². The molecule has 0 bridgehead atoms. The van der Waals surface area contributed by atoms with Crippen molar-refractivity contribution in [3.05, 3.63) is 59.7 Å². The van der Waals surface area contributed by atoms with Crippen LogP contribution in [0.25, 0.3) is 0 Å². The number of amides is 3. The molecule has 1 fully saturated rings. The number of ether oxygens (including phenoxy) is 1. The zero-order valence-corrected chi connectivity index (χ0v) is 15.3. The van der Waals surface area contributed by atoms with Gasteiger partial charge in [0.15, 0.2) is 17.7 Å². The van der Waals surface area contributed by atoms with E-state index >= 15 is 0 Å². The number of nitrogens with zero attached hydrogens (tertiary/aromatic N) is 1. The third-order valence-corrected chi connectivity index (χ3v) is 4.25. The minimum Gasteiger partial charge on any atom is -0.449 e. The Balaban J connectivity index is 1.61. The fraction of sp³-hybridized carbons (Fsp3) is 0.200. The highest BCUT2D eigenvalue weighted by atomic mass is 19.2. The molecule has 150 valence electrons. The average molecular weight is 402 g/mol. The van der Waals surface area contributed by atoms with Crippen molar-refractivity contribution in [2.24, 2.45) is 0 Å². The Morgan fingerprint density at radius 2 is 1.62 bits per heavy atom. The molecule has 1 aliphatic rings. The van der Waals surface area contributed by atoms with Crippen LogP contribution < -0.4 is 10.2 Å². The SMILES string of the molecule is C[C@H](OC(=O)c1ccc(N2C(=O)CCC2=O)cc1)C(=O)Nc1ccc(F)c(F)c1. The summed E-state index contributed by atoms with van der Waals surface area (Å²) in [6.07, 6.45) is -0.919. The number of rotatable bonds is 5. The molecule has 29 heavy (non-hydrogen) atoms. The molecule has 1 atom stereocenters. The maximum Gasteiger partial charge on any atom is 0.338 e. The molecule has 0 radical (unpaired) electrons. The molecule has 1 N–H and O–H groups in total. The topological polar surface area (TPSA) is 92.8 Å². The molecule has 9 heteroatoms. The maximum absolute atomic E-state index is 13.2. The molecule has 1 heterocycles. The van der Waals surface area contributed by atoms with Crippen molar-refractivity contribution >= 4 is 35.1 Å². The highest BCUT2D eigenvalue weighted by molar-refractivity contribution is 6.19. The van der Waals surface area contributed by atoms with Gasteiger partial charge in [-0.2, -0.15) is 0 Å². The zero-order chi connectivity index (χ0) is 21.1. The first-order chi connectivity index (χ1) is 13.8. The molecular formula is C20H16F2N2O5. The molecule has 3 rings (SSSR count). The van der Waals surface area contributed by atoms with E-state index in [4.69, 9.17) is 4.74 Å². The van der Waals surface area contributed by atoms with Crippen LogP contribution in [-0.2, 0) is 19.1 Å². The van der Waals surface area contributed by atoms with Gasteiger partial charge in [0.1, 0.15) is 0 Å². The summed E-state index contributed by atoms with van der Waals surface area (Å²) in [5, 5.41) is 2.32. The molecule has 3 amide bonds. The van der Waals surface area contributed by atoms with Crippen molar-refractivity contribution in [2.75, 3.05) is 10.2 Å². The molecule has 1 aliphatic heterocycles. The van der Waals surface area contributed by atoms with E-state index < -0.39 is 29.6 Å². The first kappa shape index (κ1) is 20.1. The van der Waals surface area contributed by atoms with Gasteiger partial charge >= 0.3 is 5.97 Å². The largest absolute Gasteiger partial charge is 0.449 e. The smallest absolute Gasteiger partial charge is 0.338 e. The van der Waals surface area contributed by atoms with Gasteiger partial charge in [-0.1, -0.05) is 0 Å². The van der Waals surface area contributed by atoms with Crippen molar-refractivity contribution in [2.45, 2.75) is 25.9 Å². The molecule has 0 spiro atoms. The third-order valence-electron chi connectivity index (χ3n) is 4.25. The lowest BCUT2D eigenvalue weighted by Crippen LogP contribution is -2.30. The number of imide groups is 1. The average Bonchev–Trinajstić information content (AvgIpc) is 3.03. The van der Waals surface area contributed by atoms with Gasteiger partial charge in [0, 0.05) is 24.6 Å². The summed E-state index contributed by atoms with van der Waals surface area (Å²) in [5.74, 6) is -4.33. The Morgan fingerprint density at radius 3 is 2.21 bits per heavy atom. The number of hydrogen-bond acceptors (Lipinski definition) is 5. The van der Waals surface area contributed by atoms with Crippen LogP contribution in [0.3, 0.4) is 0 Å². The normalized spacial score (nSPS) is 14.7. The summed E-state index contributed by atoms with van der Waals surface area (Å²) < 4.78 is 31.2. The molecule has 0 aromatic heterocycles. The summed E-state index contributed by atoms with van der Waals surface area (Å²) in [5.41, 5.74) is 0.472. The van der Waals surface area contributed by atoms with Crippen LogP contribution in [0.5, 0.6) is 0 Å². The molecule has 2 aromatic rings. The van der Waals surface area contributed by atoms with Gasteiger partial charge in [0.05, 0.1) is 11.3 Å². The van der Waals surface area contributed by atoms with Gasteiger partial charge < -0.3 is 10.1 Å². The Bertz CT molecular complexity index is 975. The second kappa shape index (κ2) is 8.17. The first-order valence-electron chi connectivity index (χ1n) is 8.69. The summed E-state index contributed by atoms with van der Waals surface area (Å²) in [7, 11) is 0. The lowest BCUT2D eigenvalue weighted by atomic mass is 10.2. The second-order valence-electron chi connectivity index (χ2n) is 6.34. The van der Waals surface area contributed by atoms with Crippen molar-refractivity contribution in [3.8, 4) is 0 Å². The second-order valence-corrected chi connectivity index (χ2v) is 6.34. The van der Waals surface area contributed by atoms with Gasteiger partial charge in [-0.25, -0.2) is 13.6 Å². The van der Waals surface area contributed by atoms with Crippen LogP contribution >= 0.6 is 0 Å². The number of benzene rings is 2. The van der Waals surface area contributed by atoms with Gasteiger partial charge in [0.25, 0.3) is 5.91 Å². The number of nitrogens with one attached hydrogen (secondary N) is 1. The number of esters is 1. The highest BCUT2D eigenvalue weighted by Crippen LogP contribution is 2.23. The van der Waals surface area contributed by atoms with Gasteiger partial charge in [-0.05, 0) is 43.3 Å². The summed E-state index contributed by atoms with van der Waals surface area (Å²) >= 11 is 0. The van der Waals surface area contributed by atoms with E-state index in [0.717, 1.165) is 17.0 Å². The summed E-state index contributed by atoms with van der Waals surface area (Å²) in [6.45, 7) is 1.32. The van der Waals surface area contributed by atoms with E-state index in [1.165, 1.54) is 37.3 Å². The first-order valence-corrected chi connectivity index (χ1v) is 8.69. The van der Waals surface area contributed by atoms with Crippen LogP contribution in [-0.4, -0.2) is 29.8 Å². The van der Waals surface area contributed by atoms with Crippen molar-refractivity contribution < 1.29 is 32.7 Å². The Hall–Kier alpha value is -3.62. The van der Waals surface area contributed by atoms with Crippen LogP contribution in [0.2, 0.25) is 0 Å². The quantitative estimate of drug-likeness (QED) is 0.613. The highest BCUT2D eigenvalue weighted by Gasteiger charge is 2.30. The van der Waals surface area contributed by atoms with Crippen molar-refractivity contribution in [1.29, 1.82) is 0 Å². The molecule has 2 aromatic carbocycles. The Labute approximate surface area is 164 Å². The zero-order valence-electron chi connectivity index (χ0n) is 15.3. The monoisotopic (exact) mass is 402 g/mol. The van der Waals surface area contributed by atoms with Gasteiger partial charge in [0.2, 0.25) is 11.8 Å². The third kappa shape index (κ3) is 4.45. The lowest BCUT2D eigenvalue weighted by molar-refractivity contribution is -0.124. The molecule has 0 aliphatic carbocycles. The van der Waals surface area contributed by atoms with E-state index in [2.05, 4.69) is 5.32 Å². The number of halogens is 2. The van der Waals surface area contributed by atoms with E-state index in [1.807, 2.05) is 0 Å². The molecule has 0 saturated carbocycles. The van der Waals surface area contributed by atoms with Crippen LogP contribution in [0, 0.1) is 11.6 Å². The molecule has 7 nitrogen and oxygen atoms in total. The number of hydrogen-bond donors (Lipinski definition) is 1. The van der Waals surface area contributed by atoms with E-state index in [1.54, 1.807) is 0 Å². The predicted octanol–water partition coefficient (Wildman–Crippen LogP) is 2.80. The van der Waals surface area contributed by atoms with E-state index in [-0.39, 0.29) is 35.9 Å².